The van der Waals surface area contributed by atoms with Gasteiger partial charge in [-0.25, -0.2) is 9.59 Å². The Balaban J connectivity index is 1.61. The van der Waals surface area contributed by atoms with Crippen LogP contribution in [0.4, 0.5) is 9.59 Å². The number of hydrogen-bond acceptors (Lipinski definition) is 5. The second kappa shape index (κ2) is 9.27. The van der Waals surface area contributed by atoms with Gasteiger partial charge in [-0.3, -0.25) is 4.79 Å². The van der Waals surface area contributed by atoms with Crippen molar-refractivity contribution in [3.05, 3.63) is 34.3 Å². The van der Waals surface area contributed by atoms with E-state index in [1.807, 2.05) is 24.3 Å². The monoisotopic (exact) mass is 453 g/mol. The maximum atomic E-state index is 12.5. The summed E-state index contributed by atoms with van der Waals surface area (Å²) in [7, 11) is 0. The molecule has 2 aliphatic heterocycles. The molecule has 2 fully saturated rings. The zero-order valence-electron chi connectivity index (χ0n) is 15.7. The Morgan fingerprint density at radius 3 is 2.61 bits per heavy atom. The Morgan fingerprint density at radius 2 is 1.96 bits per heavy atom. The topological polar surface area (TPSA) is 88.2 Å². The average Bonchev–Trinajstić information content (AvgIpc) is 3.29. The summed E-state index contributed by atoms with van der Waals surface area (Å²) in [5, 5.41) is 2.70. The highest BCUT2D eigenvalue weighted by molar-refractivity contribution is 9.10. The molecule has 1 aromatic carbocycles. The van der Waals surface area contributed by atoms with E-state index in [0.717, 1.165) is 10.0 Å². The zero-order chi connectivity index (χ0) is 20.1. The highest BCUT2D eigenvalue weighted by Gasteiger charge is 2.42. The molecule has 0 aliphatic carbocycles. The molecule has 0 aromatic heterocycles. The van der Waals surface area contributed by atoms with Gasteiger partial charge in [0.05, 0.1) is 19.1 Å². The van der Waals surface area contributed by atoms with Gasteiger partial charge < -0.3 is 24.6 Å². The summed E-state index contributed by atoms with van der Waals surface area (Å²) in [5.41, 5.74) is 0.977. The van der Waals surface area contributed by atoms with Crippen molar-refractivity contribution >= 4 is 34.0 Å². The number of urea groups is 1. The van der Waals surface area contributed by atoms with Crippen LogP contribution < -0.4 is 5.32 Å². The predicted molar refractivity (Wildman–Crippen MR) is 105 cm³/mol. The van der Waals surface area contributed by atoms with Crippen LogP contribution in [0.15, 0.2) is 28.7 Å². The largest absolute Gasteiger partial charge is 0.466 e. The molecule has 0 spiro atoms. The maximum absolute atomic E-state index is 12.5. The van der Waals surface area contributed by atoms with Crippen molar-refractivity contribution < 1.29 is 23.9 Å². The van der Waals surface area contributed by atoms with Crippen LogP contribution >= 0.6 is 15.9 Å². The molecule has 0 saturated carbocycles. The number of rotatable bonds is 6. The SMILES string of the molecule is CCOC(=O)[C@H]1CN(C(=O)OCCN2CCNC2=O)C[C@@H]1c1ccc(Br)cc1. The smallest absolute Gasteiger partial charge is 0.409 e. The minimum atomic E-state index is -0.478. The van der Waals surface area contributed by atoms with E-state index in [1.165, 1.54) is 0 Å². The molecule has 9 heteroatoms. The summed E-state index contributed by atoms with van der Waals surface area (Å²) in [6.07, 6.45) is -0.478. The van der Waals surface area contributed by atoms with E-state index >= 15 is 0 Å². The molecule has 0 radical (unpaired) electrons. The molecule has 28 heavy (non-hydrogen) atoms. The predicted octanol–water partition coefficient (Wildman–Crippen LogP) is 2.19. The van der Waals surface area contributed by atoms with E-state index in [0.29, 0.717) is 32.8 Å². The molecule has 8 nitrogen and oxygen atoms in total. The van der Waals surface area contributed by atoms with Gasteiger partial charge in [0.1, 0.15) is 6.61 Å². The summed E-state index contributed by atoms with van der Waals surface area (Å²) in [5.74, 6) is -0.887. The van der Waals surface area contributed by atoms with Crippen LogP contribution in [0.25, 0.3) is 0 Å². The van der Waals surface area contributed by atoms with Gasteiger partial charge in [0.25, 0.3) is 0 Å². The van der Waals surface area contributed by atoms with E-state index in [-0.39, 0.29) is 31.1 Å². The first-order chi connectivity index (χ1) is 13.5. The number of ether oxygens (including phenoxy) is 2. The van der Waals surface area contributed by atoms with Crippen LogP contribution in [-0.4, -0.2) is 73.8 Å². The first kappa shape index (κ1) is 20.4. The molecule has 1 aromatic rings. The summed E-state index contributed by atoms with van der Waals surface area (Å²) < 4.78 is 11.5. The van der Waals surface area contributed by atoms with Gasteiger partial charge in [-0.15, -0.1) is 0 Å². The highest BCUT2D eigenvalue weighted by Crippen LogP contribution is 2.34. The third-order valence-electron chi connectivity index (χ3n) is 5.00. The van der Waals surface area contributed by atoms with Crippen molar-refractivity contribution in [3.8, 4) is 0 Å². The lowest BCUT2D eigenvalue weighted by molar-refractivity contribution is -0.147. The van der Waals surface area contributed by atoms with Gasteiger partial charge in [-0.1, -0.05) is 28.1 Å². The fraction of sp³-hybridized carbons (Fsp3) is 0.526. The number of halogens is 1. The molecule has 0 unspecified atom stereocenters. The van der Waals surface area contributed by atoms with Crippen LogP contribution in [0.5, 0.6) is 0 Å². The Labute approximate surface area is 172 Å². The molecule has 3 rings (SSSR count). The number of hydrogen-bond donors (Lipinski definition) is 1. The average molecular weight is 454 g/mol. The Morgan fingerprint density at radius 1 is 1.21 bits per heavy atom. The standard InChI is InChI=1S/C19H24BrN3O5/c1-2-27-17(24)16-12-23(11-15(16)13-3-5-14(20)6-4-13)19(26)28-10-9-22-8-7-21-18(22)25/h3-6,15-16H,2,7-12H2,1H3,(H,21,25)/t15-,16+/m1/s1. The van der Waals surface area contributed by atoms with Crippen molar-refractivity contribution in [2.45, 2.75) is 12.8 Å². The third-order valence-corrected chi connectivity index (χ3v) is 5.53. The highest BCUT2D eigenvalue weighted by atomic mass is 79.9. The minimum absolute atomic E-state index is 0.121. The van der Waals surface area contributed by atoms with Gasteiger partial charge in [-0.2, -0.15) is 0 Å². The van der Waals surface area contributed by atoms with Gasteiger partial charge in [-0.05, 0) is 24.6 Å². The summed E-state index contributed by atoms with van der Waals surface area (Å²) in [4.78, 5) is 39.6. The molecular formula is C19H24BrN3O5. The second-order valence-corrected chi connectivity index (χ2v) is 7.67. The number of nitrogens with one attached hydrogen (secondary N) is 1. The summed E-state index contributed by atoms with van der Waals surface area (Å²) in [6.45, 7) is 4.38. The van der Waals surface area contributed by atoms with Crippen LogP contribution in [0.2, 0.25) is 0 Å². The maximum Gasteiger partial charge on any atom is 0.409 e. The van der Waals surface area contributed by atoms with Crippen molar-refractivity contribution in [2.75, 3.05) is 45.9 Å². The van der Waals surface area contributed by atoms with Crippen molar-refractivity contribution in [2.24, 2.45) is 5.92 Å². The fourth-order valence-electron chi connectivity index (χ4n) is 3.55. The van der Waals surface area contributed by atoms with E-state index in [1.54, 1.807) is 16.7 Å². The summed E-state index contributed by atoms with van der Waals surface area (Å²) >= 11 is 3.41. The number of nitrogens with zero attached hydrogens (tertiary/aromatic N) is 2. The molecule has 0 bridgehead atoms. The minimum Gasteiger partial charge on any atom is -0.466 e. The van der Waals surface area contributed by atoms with E-state index in [4.69, 9.17) is 9.47 Å². The van der Waals surface area contributed by atoms with E-state index < -0.39 is 12.0 Å². The molecule has 152 valence electrons. The van der Waals surface area contributed by atoms with Crippen molar-refractivity contribution in [1.29, 1.82) is 0 Å². The lowest BCUT2D eigenvalue weighted by Gasteiger charge is -2.18. The summed E-state index contributed by atoms with van der Waals surface area (Å²) in [6, 6.07) is 7.58. The number of carbonyl (C=O) groups is 3. The van der Waals surface area contributed by atoms with E-state index in [9.17, 15) is 14.4 Å². The van der Waals surface area contributed by atoms with Crippen molar-refractivity contribution in [1.82, 2.24) is 15.1 Å². The fourth-order valence-corrected chi connectivity index (χ4v) is 3.81. The van der Waals surface area contributed by atoms with Gasteiger partial charge in [0.2, 0.25) is 0 Å². The molecular weight excluding hydrogens is 430 g/mol. The number of likely N-dealkylation sites (tertiary alicyclic amines) is 1. The molecule has 2 saturated heterocycles. The second-order valence-electron chi connectivity index (χ2n) is 6.75. The third kappa shape index (κ3) is 4.76. The van der Waals surface area contributed by atoms with Crippen molar-refractivity contribution in [3.63, 3.8) is 0 Å². The number of amides is 3. The molecule has 2 aliphatic rings. The lowest BCUT2D eigenvalue weighted by atomic mass is 9.89. The van der Waals surface area contributed by atoms with Gasteiger partial charge in [0, 0.05) is 36.6 Å². The quantitative estimate of drug-likeness (QED) is 0.666. The van der Waals surface area contributed by atoms with Crippen LogP contribution in [0.3, 0.4) is 0 Å². The van der Waals surface area contributed by atoms with Crippen LogP contribution in [-0.2, 0) is 14.3 Å². The normalized spacial score (nSPS) is 21.6. The molecule has 2 heterocycles. The van der Waals surface area contributed by atoms with Crippen LogP contribution in [0.1, 0.15) is 18.4 Å². The Hall–Kier alpha value is -2.29. The van der Waals surface area contributed by atoms with Gasteiger partial charge in [0.15, 0.2) is 0 Å². The van der Waals surface area contributed by atoms with E-state index in [2.05, 4.69) is 21.2 Å². The molecule has 1 N–H and O–H groups in total. The zero-order valence-corrected chi connectivity index (χ0v) is 17.3. The number of esters is 1. The van der Waals surface area contributed by atoms with Gasteiger partial charge >= 0.3 is 18.1 Å². The Bertz CT molecular complexity index is 727. The lowest BCUT2D eigenvalue weighted by Crippen LogP contribution is -2.35. The number of benzene rings is 1. The first-order valence-corrected chi connectivity index (χ1v) is 10.2. The molecule has 2 atom stereocenters. The Kier molecular flexibility index (Phi) is 6.77. The molecule has 3 amide bonds. The first-order valence-electron chi connectivity index (χ1n) is 9.36. The van der Waals surface area contributed by atoms with Crippen LogP contribution in [0, 0.1) is 5.92 Å². The number of carbonyl (C=O) groups excluding carboxylic acids is 3.